The molecule has 9 heteroatoms. The van der Waals surface area contributed by atoms with E-state index in [9.17, 15) is 14.4 Å². The molecule has 0 radical (unpaired) electrons. The van der Waals surface area contributed by atoms with Crippen LogP contribution < -0.4 is 10.6 Å². The molecule has 2 aromatic rings. The molecule has 2 amide bonds. The monoisotopic (exact) mass is 482 g/mol. The second-order valence-corrected chi connectivity index (χ2v) is 8.75. The van der Waals surface area contributed by atoms with Gasteiger partial charge in [0.1, 0.15) is 12.7 Å². The third-order valence-corrected chi connectivity index (χ3v) is 6.56. The first-order valence-corrected chi connectivity index (χ1v) is 11.7. The van der Waals surface area contributed by atoms with Crippen LogP contribution >= 0.6 is 0 Å². The molecule has 1 aliphatic carbocycles. The van der Waals surface area contributed by atoms with E-state index in [1.807, 2.05) is 24.3 Å². The normalized spacial score (nSPS) is 19.5. The van der Waals surface area contributed by atoms with Crippen molar-refractivity contribution in [1.82, 2.24) is 10.6 Å². The second-order valence-electron chi connectivity index (χ2n) is 8.75. The summed E-state index contributed by atoms with van der Waals surface area (Å²) in [6.07, 6.45) is -1.50. The third-order valence-electron chi connectivity index (χ3n) is 6.56. The molecule has 4 rings (SSSR count). The van der Waals surface area contributed by atoms with Crippen LogP contribution in [0, 0.1) is 5.92 Å². The summed E-state index contributed by atoms with van der Waals surface area (Å²) in [6, 6.07) is 16.3. The molecular weight excluding hydrogens is 452 g/mol. The van der Waals surface area contributed by atoms with E-state index in [1.165, 1.54) is 7.11 Å². The Morgan fingerprint density at radius 1 is 1.06 bits per heavy atom. The van der Waals surface area contributed by atoms with E-state index in [0.717, 1.165) is 22.3 Å². The minimum absolute atomic E-state index is 0.0268. The topological polar surface area (TPSA) is 123 Å². The van der Waals surface area contributed by atoms with Crippen molar-refractivity contribution in [2.24, 2.45) is 5.92 Å². The Hall–Kier alpha value is -3.43. The fourth-order valence-corrected chi connectivity index (χ4v) is 4.75. The minimum atomic E-state index is -1.01. The van der Waals surface area contributed by atoms with Crippen molar-refractivity contribution in [3.05, 3.63) is 59.7 Å². The number of benzene rings is 2. The average molecular weight is 483 g/mol. The minimum Gasteiger partial charge on any atom is -0.481 e. The van der Waals surface area contributed by atoms with Crippen LogP contribution in [0.1, 0.15) is 29.9 Å². The summed E-state index contributed by atoms with van der Waals surface area (Å²) in [4.78, 5) is 35.9. The molecule has 9 nitrogen and oxygen atoms in total. The van der Waals surface area contributed by atoms with Gasteiger partial charge in [-0.25, -0.2) is 4.79 Å². The van der Waals surface area contributed by atoms with Gasteiger partial charge in [0.15, 0.2) is 0 Å². The summed E-state index contributed by atoms with van der Waals surface area (Å²) in [7, 11) is 1.40. The summed E-state index contributed by atoms with van der Waals surface area (Å²) in [6.45, 7) is 0.913. The Morgan fingerprint density at radius 2 is 1.71 bits per heavy atom. The number of carbonyl (C=O) groups is 3. The van der Waals surface area contributed by atoms with Gasteiger partial charge in [-0.2, -0.15) is 0 Å². The lowest BCUT2D eigenvalue weighted by Gasteiger charge is -2.20. The van der Waals surface area contributed by atoms with Crippen molar-refractivity contribution >= 4 is 18.0 Å². The van der Waals surface area contributed by atoms with E-state index < -0.39 is 24.3 Å². The molecule has 1 saturated heterocycles. The number of methoxy groups -OCH3 is 1. The average Bonchev–Trinajstić information content (AvgIpc) is 3.46. The van der Waals surface area contributed by atoms with Crippen molar-refractivity contribution in [1.29, 1.82) is 0 Å². The van der Waals surface area contributed by atoms with Crippen LogP contribution in [-0.2, 0) is 23.8 Å². The standard InChI is InChI=1S/C26H30N2O7/c1-33-17(12-23(29)30)14-27-25(31)24-16(10-11-34-24)13-28-26(32)35-15-22-20-8-4-2-6-18(20)19-7-3-5-9-21(19)22/h2-9,16-17,22,24H,10-15H2,1H3,(H,27,31)(H,28,32)(H,29,30)/t16-,17?,24-/m0/s1. The van der Waals surface area contributed by atoms with Crippen LogP contribution in [0.5, 0.6) is 0 Å². The van der Waals surface area contributed by atoms with Gasteiger partial charge in [0, 0.05) is 38.6 Å². The zero-order valence-electron chi connectivity index (χ0n) is 19.6. The second kappa shape index (κ2) is 11.3. The predicted molar refractivity (Wildman–Crippen MR) is 127 cm³/mol. The van der Waals surface area contributed by atoms with E-state index in [-0.39, 0.29) is 43.9 Å². The largest absolute Gasteiger partial charge is 0.481 e. The van der Waals surface area contributed by atoms with Crippen LogP contribution in [0.25, 0.3) is 11.1 Å². The van der Waals surface area contributed by atoms with E-state index in [4.69, 9.17) is 19.3 Å². The highest BCUT2D eigenvalue weighted by Gasteiger charge is 2.35. The van der Waals surface area contributed by atoms with Crippen molar-refractivity contribution in [2.45, 2.75) is 31.0 Å². The molecule has 3 N–H and O–H groups in total. The van der Waals surface area contributed by atoms with E-state index in [1.54, 1.807) is 0 Å². The zero-order valence-corrected chi connectivity index (χ0v) is 19.6. The predicted octanol–water partition coefficient (Wildman–Crippen LogP) is 2.54. The zero-order chi connectivity index (χ0) is 24.8. The van der Waals surface area contributed by atoms with Crippen LogP contribution in [0.15, 0.2) is 48.5 Å². The maximum Gasteiger partial charge on any atom is 0.407 e. The number of nitrogens with one attached hydrogen (secondary N) is 2. The van der Waals surface area contributed by atoms with Gasteiger partial charge in [0.25, 0.3) is 0 Å². The number of ether oxygens (including phenoxy) is 3. The molecule has 1 fully saturated rings. The maximum absolute atomic E-state index is 12.6. The van der Waals surface area contributed by atoms with Crippen LogP contribution in [0.3, 0.4) is 0 Å². The van der Waals surface area contributed by atoms with Gasteiger partial charge in [-0.1, -0.05) is 48.5 Å². The van der Waals surface area contributed by atoms with Crippen LogP contribution in [0.2, 0.25) is 0 Å². The van der Waals surface area contributed by atoms with Gasteiger partial charge < -0.3 is 30.0 Å². The van der Waals surface area contributed by atoms with Gasteiger partial charge in [-0.15, -0.1) is 0 Å². The maximum atomic E-state index is 12.6. The highest BCUT2D eigenvalue weighted by molar-refractivity contribution is 5.82. The van der Waals surface area contributed by atoms with Crippen LogP contribution in [0.4, 0.5) is 4.79 Å². The number of carboxylic acids is 1. The smallest absolute Gasteiger partial charge is 0.407 e. The Balaban J connectivity index is 1.26. The van der Waals surface area contributed by atoms with E-state index in [2.05, 4.69) is 34.9 Å². The number of rotatable bonds is 10. The Morgan fingerprint density at radius 3 is 2.34 bits per heavy atom. The van der Waals surface area contributed by atoms with Crippen molar-refractivity contribution in [2.75, 3.05) is 33.4 Å². The summed E-state index contributed by atoms with van der Waals surface area (Å²) < 4.78 is 16.2. The van der Waals surface area contributed by atoms with Crippen molar-refractivity contribution in [3.63, 3.8) is 0 Å². The van der Waals surface area contributed by atoms with E-state index >= 15 is 0 Å². The molecular formula is C26H30N2O7. The van der Waals surface area contributed by atoms with Crippen LogP contribution in [-0.4, -0.2) is 68.7 Å². The van der Waals surface area contributed by atoms with Crippen molar-refractivity contribution < 1.29 is 33.7 Å². The SMILES string of the molecule is COC(CNC(=O)[C@H]1OCC[C@H]1CNC(=O)OCC1c2ccccc2-c2ccccc21)CC(=O)O. The van der Waals surface area contributed by atoms with Gasteiger partial charge in [0.2, 0.25) is 5.91 Å². The lowest BCUT2D eigenvalue weighted by Crippen LogP contribution is -2.44. The number of carbonyl (C=O) groups excluding carboxylic acids is 2. The Bertz CT molecular complexity index is 1030. The summed E-state index contributed by atoms with van der Waals surface area (Å²) in [5.41, 5.74) is 4.60. The number of alkyl carbamates (subject to hydrolysis) is 1. The lowest BCUT2D eigenvalue weighted by atomic mass is 9.98. The molecule has 0 saturated carbocycles. The molecule has 1 heterocycles. The molecule has 35 heavy (non-hydrogen) atoms. The van der Waals surface area contributed by atoms with E-state index in [0.29, 0.717) is 13.0 Å². The first-order valence-electron chi connectivity index (χ1n) is 11.7. The molecule has 1 aliphatic heterocycles. The number of aliphatic carboxylic acids is 1. The highest BCUT2D eigenvalue weighted by Crippen LogP contribution is 2.44. The van der Waals surface area contributed by atoms with Crippen molar-refractivity contribution in [3.8, 4) is 11.1 Å². The number of fused-ring (bicyclic) bond motifs is 3. The lowest BCUT2D eigenvalue weighted by molar-refractivity contribution is -0.140. The Kier molecular flexibility index (Phi) is 7.99. The summed E-state index contributed by atoms with van der Waals surface area (Å²) in [5.74, 6) is -1.60. The first kappa shape index (κ1) is 24.7. The van der Waals surface area contributed by atoms with Gasteiger partial charge in [-0.3, -0.25) is 9.59 Å². The first-order chi connectivity index (χ1) is 17.0. The number of carboxylic acid groups (broad SMARTS) is 1. The van der Waals surface area contributed by atoms with Gasteiger partial charge >= 0.3 is 12.1 Å². The summed E-state index contributed by atoms with van der Waals surface area (Å²) >= 11 is 0. The number of amides is 2. The fraction of sp³-hybridized carbons (Fsp3) is 0.423. The number of hydrogen-bond donors (Lipinski definition) is 3. The molecule has 0 bridgehead atoms. The summed E-state index contributed by atoms with van der Waals surface area (Å²) in [5, 5.41) is 14.3. The molecule has 186 valence electrons. The Labute approximate surface area is 203 Å². The fourth-order valence-electron chi connectivity index (χ4n) is 4.75. The van der Waals surface area contributed by atoms with Gasteiger partial charge in [-0.05, 0) is 28.7 Å². The highest BCUT2D eigenvalue weighted by atomic mass is 16.5. The molecule has 2 aliphatic rings. The quantitative estimate of drug-likeness (QED) is 0.476. The molecule has 0 spiro atoms. The third kappa shape index (κ3) is 5.80. The molecule has 3 atom stereocenters. The molecule has 0 aromatic heterocycles. The number of hydrogen-bond acceptors (Lipinski definition) is 6. The molecule has 1 unspecified atom stereocenters. The van der Waals surface area contributed by atoms with Gasteiger partial charge in [0.05, 0.1) is 12.5 Å². The molecule has 2 aromatic carbocycles.